The third kappa shape index (κ3) is 5.59. The molecule has 1 aromatic carbocycles. The minimum absolute atomic E-state index is 0.206. The van der Waals surface area contributed by atoms with Gasteiger partial charge < -0.3 is 10.2 Å². The van der Waals surface area contributed by atoms with E-state index in [4.69, 9.17) is 0 Å². The van der Waals surface area contributed by atoms with Crippen LogP contribution in [0, 0.1) is 5.82 Å². The normalized spacial score (nSPS) is 12.9. The van der Waals surface area contributed by atoms with E-state index in [1.807, 2.05) is 6.07 Å². The molecule has 0 saturated heterocycles. The van der Waals surface area contributed by atoms with Gasteiger partial charge in [-0.15, -0.1) is 0 Å². The Morgan fingerprint density at radius 3 is 2.63 bits per heavy atom. The molecular formula is C15H24BrFN2. The highest BCUT2D eigenvalue weighted by Gasteiger charge is 2.10. The predicted octanol–water partition coefficient (Wildman–Crippen LogP) is 3.97. The van der Waals surface area contributed by atoms with E-state index >= 15 is 0 Å². The average molecular weight is 331 g/mol. The maximum absolute atomic E-state index is 13.0. The molecule has 0 aromatic heterocycles. The van der Waals surface area contributed by atoms with Gasteiger partial charge in [0.05, 0.1) is 0 Å². The van der Waals surface area contributed by atoms with Gasteiger partial charge in [0.25, 0.3) is 0 Å². The van der Waals surface area contributed by atoms with Gasteiger partial charge in [0, 0.05) is 23.6 Å². The lowest BCUT2D eigenvalue weighted by atomic mass is 10.1. The van der Waals surface area contributed by atoms with Crippen LogP contribution in [0.1, 0.15) is 38.8 Å². The second kappa shape index (κ2) is 8.67. The SMILES string of the molecule is CCCN(CC)CCNC(C)c1ccc(F)cc1Br. The van der Waals surface area contributed by atoms with E-state index < -0.39 is 0 Å². The van der Waals surface area contributed by atoms with Crippen molar-refractivity contribution < 1.29 is 4.39 Å². The zero-order valence-corrected chi connectivity index (χ0v) is 13.6. The lowest BCUT2D eigenvalue weighted by Gasteiger charge is -2.22. The summed E-state index contributed by atoms with van der Waals surface area (Å²) >= 11 is 3.42. The quantitative estimate of drug-likeness (QED) is 0.775. The minimum atomic E-state index is -0.206. The van der Waals surface area contributed by atoms with Crippen molar-refractivity contribution in [3.05, 3.63) is 34.1 Å². The molecule has 0 aliphatic heterocycles. The number of benzene rings is 1. The van der Waals surface area contributed by atoms with E-state index in [-0.39, 0.29) is 11.9 Å². The zero-order valence-electron chi connectivity index (χ0n) is 12.0. The molecule has 0 fully saturated rings. The average Bonchev–Trinajstić information content (AvgIpc) is 2.37. The first kappa shape index (κ1) is 16.6. The van der Waals surface area contributed by atoms with Gasteiger partial charge in [-0.25, -0.2) is 4.39 Å². The van der Waals surface area contributed by atoms with Crippen molar-refractivity contribution in [1.82, 2.24) is 10.2 Å². The lowest BCUT2D eigenvalue weighted by Crippen LogP contribution is -2.33. The molecule has 0 aliphatic rings. The largest absolute Gasteiger partial charge is 0.309 e. The van der Waals surface area contributed by atoms with E-state index in [1.54, 1.807) is 0 Å². The Kier molecular flexibility index (Phi) is 7.57. The molecule has 108 valence electrons. The Bertz CT molecular complexity index is 384. The maximum Gasteiger partial charge on any atom is 0.124 e. The molecule has 1 rings (SSSR count). The van der Waals surface area contributed by atoms with Crippen LogP contribution in [0.5, 0.6) is 0 Å². The lowest BCUT2D eigenvalue weighted by molar-refractivity contribution is 0.284. The van der Waals surface area contributed by atoms with Crippen molar-refractivity contribution in [2.24, 2.45) is 0 Å². The number of nitrogens with zero attached hydrogens (tertiary/aromatic N) is 1. The van der Waals surface area contributed by atoms with Gasteiger partial charge in [-0.05, 0) is 44.1 Å². The van der Waals surface area contributed by atoms with Gasteiger partial charge in [-0.1, -0.05) is 35.8 Å². The summed E-state index contributed by atoms with van der Waals surface area (Å²) in [5.41, 5.74) is 1.10. The Morgan fingerprint density at radius 1 is 1.32 bits per heavy atom. The molecule has 1 unspecified atom stereocenters. The molecule has 0 aliphatic carbocycles. The maximum atomic E-state index is 13.0. The first-order valence-electron chi connectivity index (χ1n) is 6.99. The monoisotopic (exact) mass is 330 g/mol. The molecular weight excluding hydrogens is 307 g/mol. The van der Waals surface area contributed by atoms with Crippen molar-refractivity contribution >= 4 is 15.9 Å². The highest BCUT2D eigenvalue weighted by Crippen LogP contribution is 2.23. The molecule has 2 nitrogen and oxygen atoms in total. The Labute approximate surface area is 124 Å². The molecule has 0 saturated carbocycles. The number of hydrogen-bond donors (Lipinski definition) is 1. The van der Waals surface area contributed by atoms with Crippen molar-refractivity contribution in [2.45, 2.75) is 33.2 Å². The highest BCUT2D eigenvalue weighted by molar-refractivity contribution is 9.10. The van der Waals surface area contributed by atoms with Crippen molar-refractivity contribution in [1.29, 1.82) is 0 Å². The molecule has 1 N–H and O–H groups in total. The molecule has 19 heavy (non-hydrogen) atoms. The summed E-state index contributed by atoms with van der Waals surface area (Å²) in [7, 11) is 0. The summed E-state index contributed by atoms with van der Waals surface area (Å²) in [6, 6.07) is 5.08. The fraction of sp³-hybridized carbons (Fsp3) is 0.600. The first-order chi connectivity index (χ1) is 9.08. The molecule has 0 heterocycles. The van der Waals surface area contributed by atoms with Gasteiger partial charge >= 0.3 is 0 Å². The molecule has 0 bridgehead atoms. The molecule has 0 amide bonds. The minimum Gasteiger partial charge on any atom is -0.309 e. The van der Waals surface area contributed by atoms with E-state index in [1.165, 1.54) is 18.6 Å². The van der Waals surface area contributed by atoms with E-state index in [9.17, 15) is 4.39 Å². The Morgan fingerprint density at radius 2 is 2.05 bits per heavy atom. The fourth-order valence-electron chi connectivity index (χ4n) is 2.15. The highest BCUT2D eigenvalue weighted by atomic mass is 79.9. The van der Waals surface area contributed by atoms with Crippen LogP contribution in [0.25, 0.3) is 0 Å². The van der Waals surface area contributed by atoms with Crippen molar-refractivity contribution in [3.63, 3.8) is 0 Å². The van der Waals surface area contributed by atoms with Crippen LogP contribution in [-0.4, -0.2) is 31.1 Å². The van der Waals surface area contributed by atoms with Crippen molar-refractivity contribution in [3.8, 4) is 0 Å². The van der Waals surface area contributed by atoms with Crippen LogP contribution in [0.2, 0.25) is 0 Å². The van der Waals surface area contributed by atoms with Crippen LogP contribution >= 0.6 is 15.9 Å². The van der Waals surface area contributed by atoms with Crippen LogP contribution in [0.15, 0.2) is 22.7 Å². The van der Waals surface area contributed by atoms with Crippen LogP contribution in [0.4, 0.5) is 4.39 Å². The van der Waals surface area contributed by atoms with Crippen LogP contribution in [0.3, 0.4) is 0 Å². The number of nitrogens with one attached hydrogen (secondary N) is 1. The van der Waals surface area contributed by atoms with Gasteiger partial charge in [0.1, 0.15) is 5.82 Å². The van der Waals surface area contributed by atoms with Crippen LogP contribution in [-0.2, 0) is 0 Å². The number of halogens is 2. The molecule has 4 heteroatoms. The third-order valence-electron chi connectivity index (χ3n) is 3.29. The third-order valence-corrected chi connectivity index (χ3v) is 3.98. The molecule has 1 atom stereocenters. The van der Waals surface area contributed by atoms with Gasteiger partial charge in [-0.2, -0.15) is 0 Å². The summed E-state index contributed by atoms with van der Waals surface area (Å²) in [5.74, 6) is -0.206. The van der Waals surface area contributed by atoms with E-state index in [0.29, 0.717) is 0 Å². The predicted molar refractivity (Wildman–Crippen MR) is 82.9 cm³/mol. The molecule has 0 spiro atoms. The van der Waals surface area contributed by atoms with E-state index in [0.717, 1.165) is 36.2 Å². The Hall–Kier alpha value is -0.450. The van der Waals surface area contributed by atoms with E-state index in [2.05, 4.69) is 46.9 Å². The summed E-state index contributed by atoms with van der Waals surface area (Å²) in [4.78, 5) is 2.43. The van der Waals surface area contributed by atoms with Gasteiger partial charge in [-0.3, -0.25) is 0 Å². The van der Waals surface area contributed by atoms with Crippen molar-refractivity contribution in [2.75, 3.05) is 26.2 Å². The number of hydrogen-bond acceptors (Lipinski definition) is 2. The summed E-state index contributed by atoms with van der Waals surface area (Å²) < 4.78 is 13.9. The Balaban J connectivity index is 2.44. The number of likely N-dealkylation sites (N-methyl/N-ethyl adjacent to an activating group) is 1. The summed E-state index contributed by atoms with van der Waals surface area (Å²) in [6.45, 7) is 10.7. The summed E-state index contributed by atoms with van der Waals surface area (Å²) in [5, 5.41) is 3.49. The zero-order chi connectivity index (χ0) is 14.3. The topological polar surface area (TPSA) is 15.3 Å². The van der Waals surface area contributed by atoms with Gasteiger partial charge in [0.2, 0.25) is 0 Å². The molecule has 0 radical (unpaired) electrons. The number of rotatable bonds is 8. The summed E-state index contributed by atoms with van der Waals surface area (Å²) in [6.07, 6.45) is 1.19. The standard InChI is InChI=1S/C15H24BrFN2/c1-4-9-19(5-2)10-8-18-12(3)14-7-6-13(17)11-15(14)16/h6-7,11-12,18H,4-5,8-10H2,1-3H3. The van der Waals surface area contributed by atoms with Gasteiger partial charge in [0.15, 0.2) is 0 Å². The smallest absolute Gasteiger partial charge is 0.124 e. The van der Waals surface area contributed by atoms with Crippen LogP contribution < -0.4 is 5.32 Å². The first-order valence-corrected chi connectivity index (χ1v) is 7.78. The second-order valence-corrected chi connectivity index (χ2v) is 5.63. The second-order valence-electron chi connectivity index (χ2n) is 4.78. The fourth-order valence-corrected chi connectivity index (χ4v) is 2.84. The molecule has 1 aromatic rings.